The van der Waals surface area contributed by atoms with Gasteiger partial charge in [-0.05, 0) is 37.0 Å². The lowest BCUT2D eigenvalue weighted by Gasteiger charge is -1.90. The Hall–Kier alpha value is -0.530. The number of carbonyl (C=O) groups is 1. The topological polar surface area (TPSA) is 37.3 Å². The molecule has 0 aromatic rings. The maximum atomic E-state index is 10.2. The van der Waals surface area contributed by atoms with Crippen molar-refractivity contribution in [2.75, 3.05) is 0 Å². The van der Waals surface area contributed by atoms with Crippen LogP contribution in [0.2, 0.25) is 0 Å². The molecule has 0 spiro atoms. The molecular formula is C8H12O2. The van der Waals surface area contributed by atoms with Crippen molar-refractivity contribution in [1.82, 2.24) is 0 Å². The number of hydrogen-bond donors (Lipinski definition) is 1. The molecule has 10 heavy (non-hydrogen) atoms. The van der Waals surface area contributed by atoms with E-state index in [0.29, 0.717) is 12.3 Å². The molecule has 0 amide bonds. The quantitative estimate of drug-likeness (QED) is 0.645. The van der Waals surface area contributed by atoms with Crippen LogP contribution in [0.15, 0.2) is 0 Å². The van der Waals surface area contributed by atoms with Gasteiger partial charge in [-0.1, -0.05) is 0 Å². The van der Waals surface area contributed by atoms with Crippen LogP contribution in [0.3, 0.4) is 0 Å². The summed E-state index contributed by atoms with van der Waals surface area (Å²) in [5.74, 6) is 1.65. The predicted octanol–water partition coefficient (Wildman–Crippen LogP) is 1.51. The zero-order valence-corrected chi connectivity index (χ0v) is 5.92. The number of rotatable bonds is 3. The van der Waals surface area contributed by atoms with Gasteiger partial charge in [-0.25, -0.2) is 0 Å². The zero-order chi connectivity index (χ0) is 7.14. The molecule has 2 aliphatic rings. The van der Waals surface area contributed by atoms with Crippen molar-refractivity contribution in [3.05, 3.63) is 0 Å². The van der Waals surface area contributed by atoms with Gasteiger partial charge < -0.3 is 5.11 Å². The lowest BCUT2D eigenvalue weighted by molar-refractivity contribution is -0.137. The monoisotopic (exact) mass is 140 g/mol. The summed E-state index contributed by atoms with van der Waals surface area (Å²) in [5, 5.41) is 8.44. The van der Waals surface area contributed by atoms with Gasteiger partial charge in [0, 0.05) is 6.42 Å². The molecule has 0 aromatic heterocycles. The van der Waals surface area contributed by atoms with E-state index in [2.05, 4.69) is 0 Å². The van der Waals surface area contributed by atoms with Gasteiger partial charge in [-0.2, -0.15) is 0 Å². The summed E-state index contributed by atoms with van der Waals surface area (Å²) < 4.78 is 0. The average Bonchev–Trinajstić information content (AvgIpc) is 2.49. The van der Waals surface area contributed by atoms with Gasteiger partial charge in [-0.3, -0.25) is 4.79 Å². The molecule has 2 fully saturated rings. The fraction of sp³-hybridized carbons (Fsp3) is 0.875. The number of aliphatic carboxylic acids is 1. The summed E-state index contributed by atoms with van der Waals surface area (Å²) in [7, 11) is 0. The minimum Gasteiger partial charge on any atom is -0.481 e. The number of hydrogen-bond acceptors (Lipinski definition) is 1. The van der Waals surface area contributed by atoms with Crippen LogP contribution in [0.1, 0.15) is 25.7 Å². The van der Waals surface area contributed by atoms with E-state index < -0.39 is 5.97 Å². The van der Waals surface area contributed by atoms with Crippen LogP contribution in [-0.2, 0) is 4.79 Å². The minimum atomic E-state index is -0.617. The Kier molecular flexibility index (Phi) is 1.22. The van der Waals surface area contributed by atoms with Crippen LogP contribution in [0, 0.1) is 17.8 Å². The first-order valence-electron chi connectivity index (χ1n) is 3.99. The Bertz CT molecular complexity index is 161. The lowest BCUT2D eigenvalue weighted by atomic mass is 10.2. The highest BCUT2D eigenvalue weighted by molar-refractivity contribution is 5.67. The molecule has 0 aromatic carbocycles. The van der Waals surface area contributed by atoms with E-state index in [1.54, 1.807) is 0 Å². The van der Waals surface area contributed by atoms with Gasteiger partial charge in [-0.15, -0.1) is 0 Å². The molecule has 2 rings (SSSR count). The van der Waals surface area contributed by atoms with Crippen LogP contribution >= 0.6 is 0 Å². The largest absolute Gasteiger partial charge is 0.481 e. The van der Waals surface area contributed by atoms with Crippen molar-refractivity contribution in [1.29, 1.82) is 0 Å². The van der Waals surface area contributed by atoms with Gasteiger partial charge >= 0.3 is 5.97 Å². The first-order chi connectivity index (χ1) is 4.77. The summed E-state index contributed by atoms with van der Waals surface area (Å²) in [6, 6.07) is 0. The molecule has 2 nitrogen and oxygen atoms in total. The molecule has 0 saturated heterocycles. The Balaban J connectivity index is 1.73. The molecule has 2 heteroatoms. The van der Waals surface area contributed by atoms with Crippen LogP contribution in [0.4, 0.5) is 0 Å². The maximum absolute atomic E-state index is 10.2. The van der Waals surface area contributed by atoms with E-state index in [-0.39, 0.29) is 0 Å². The molecule has 0 bridgehead atoms. The summed E-state index contributed by atoms with van der Waals surface area (Å²) in [6.45, 7) is 0. The van der Waals surface area contributed by atoms with Crippen molar-refractivity contribution in [2.24, 2.45) is 17.8 Å². The summed E-state index contributed by atoms with van der Waals surface area (Å²) in [6.07, 6.45) is 4.33. The fourth-order valence-electron chi connectivity index (χ4n) is 1.83. The summed E-state index contributed by atoms with van der Waals surface area (Å²) >= 11 is 0. The molecule has 0 radical (unpaired) electrons. The smallest absolute Gasteiger partial charge is 0.303 e. The molecule has 2 atom stereocenters. The first kappa shape index (κ1) is 6.20. The Morgan fingerprint density at radius 2 is 2.20 bits per heavy atom. The van der Waals surface area contributed by atoms with Gasteiger partial charge in [0.25, 0.3) is 0 Å². The van der Waals surface area contributed by atoms with Crippen LogP contribution in [-0.4, -0.2) is 11.1 Å². The van der Waals surface area contributed by atoms with Crippen molar-refractivity contribution in [2.45, 2.75) is 25.7 Å². The zero-order valence-electron chi connectivity index (χ0n) is 5.92. The SMILES string of the molecule is O=C(O)C[C@H]1C[C@H]1C1CC1. The minimum absolute atomic E-state index is 0.418. The number of carboxylic acid groups (broad SMARTS) is 1. The van der Waals surface area contributed by atoms with E-state index in [1.165, 1.54) is 19.3 Å². The third-order valence-corrected chi connectivity index (χ3v) is 2.64. The molecule has 2 aliphatic carbocycles. The molecular weight excluding hydrogens is 128 g/mol. The fourth-order valence-corrected chi connectivity index (χ4v) is 1.83. The van der Waals surface area contributed by atoms with Crippen LogP contribution in [0.5, 0.6) is 0 Å². The summed E-state index contributed by atoms with van der Waals surface area (Å²) in [4.78, 5) is 10.2. The second-order valence-electron chi connectivity index (χ2n) is 3.59. The maximum Gasteiger partial charge on any atom is 0.303 e. The van der Waals surface area contributed by atoms with Gasteiger partial charge in [0.15, 0.2) is 0 Å². The highest BCUT2D eigenvalue weighted by Crippen LogP contribution is 2.55. The highest BCUT2D eigenvalue weighted by Gasteiger charge is 2.47. The predicted molar refractivity (Wildman–Crippen MR) is 36.6 cm³/mol. The van der Waals surface area contributed by atoms with Crippen LogP contribution < -0.4 is 0 Å². The van der Waals surface area contributed by atoms with Gasteiger partial charge in [0.05, 0.1) is 0 Å². The molecule has 1 N–H and O–H groups in total. The highest BCUT2D eigenvalue weighted by atomic mass is 16.4. The summed E-state index contributed by atoms with van der Waals surface area (Å²) in [5.41, 5.74) is 0. The third kappa shape index (κ3) is 1.15. The first-order valence-corrected chi connectivity index (χ1v) is 3.99. The molecule has 0 unspecified atom stereocenters. The van der Waals surface area contributed by atoms with E-state index in [1.807, 2.05) is 0 Å². The van der Waals surface area contributed by atoms with Crippen LogP contribution in [0.25, 0.3) is 0 Å². The third-order valence-electron chi connectivity index (χ3n) is 2.64. The van der Waals surface area contributed by atoms with Crippen molar-refractivity contribution >= 4 is 5.97 Å². The molecule has 0 heterocycles. The molecule has 56 valence electrons. The number of carboxylic acids is 1. The van der Waals surface area contributed by atoms with E-state index in [9.17, 15) is 4.79 Å². The Morgan fingerprint density at radius 3 is 2.70 bits per heavy atom. The van der Waals surface area contributed by atoms with E-state index >= 15 is 0 Å². The molecule has 0 aliphatic heterocycles. The average molecular weight is 140 g/mol. The van der Waals surface area contributed by atoms with Crippen molar-refractivity contribution < 1.29 is 9.90 Å². The van der Waals surface area contributed by atoms with Crippen molar-refractivity contribution in [3.8, 4) is 0 Å². The second kappa shape index (κ2) is 1.97. The Morgan fingerprint density at radius 1 is 1.50 bits per heavy atom. The normalized spacial score (nSPS) is 37.6. The van der Waals surface area contributed by atoms with E-state index in [0.717, 1.165) is 11.8 Å². The standard InChI is InChI=1S/C8H12O2/c9-8(10)4-6-3-7(6)5-1-2-5/h5-7H,1-4H2,(H,9,10)/t6-,7+/m1/s1. The molecule has 2 saturated carbocycles. The second-order valence-corrected chi connectivity index (χ2v) is 3.59. The van der Waals surface area contributed by atoms with E-state index in [4.69, 9.17) is 5.11 Å². The van der Waals surface area contributed by atoms with Gasteiger partial charge in [0.2, 0.25) is 0 Å². The van der Waals surface area contributed by atoms with Crippen molar-refractivity contribution in [3.63, 3.8) is 0 Å². The lowest BCUT2D eigenvalue weighted by Crippen LogP contribution is -1.97. The Labute approximate surface area is 60.2 Å². The van der Waals surface area contributed by atoms with Gasteiger partial charge in [0.1, 0.15) is 0 Å².